The number of nitro benzene ring substituents is 1. The van der Waals surface area contributed by atoms with E-state index in [1.807, 2.05) is 11.4 Å². The van der Waals surface area contributed by atoms with Crippen molar-refractivity contribution in [1.82, 2.24) is 5.32 Å². The highest BCUT2D eigenvalue weighted by molar-refractivity contribution is 7.10. The molecule has 0 spiro atoms. The van der Waals surface area contributed by atoms with E-state index < -0.39 is 22.8 Å². The standard InChI is InChI=1S/C16H17N3O5S/c1-10-4-5-11(12(9-10)19(23)24)18-16(22)15(21)17-7-6-13(20)14-3-2-8-25-14/h2-5,8-9,13,20H,6-7H2,1H3,(H,17,21)(H,18,22). The van der Waals surface area contributed by atoms with Crippen LogP contribution < -0.4 is 10.6 Å². The molecule has 0 radical (unpaired) electrons. The Hall–Kier alpha value is -2.78. The minimum Gasteiger partial charge on any atom is -0.388 e. The van der Waals surface area contributed by atoms with Crippen molar-refractivity contribution in [3.05, 3.63) is 56.3 Å². The van der Waals surface area contributed by atoms with Gasteiger partial charge in [0.2, 0.25) is 0 Å². The molecule has 1 aromatic carbocycles. The number of aliphatic hydroxyl groups is 1. The molecule has 0 aliphatic carbocycles. The Labute approximate surface area is 147 Å². The minimum atomic E-state index is -1.00. The maximum Gasteiger partial charge on any atom is 0.313 e. The van der Waals surface area contributed by atoms with E-state index in [9.17, 15) is 24.8 Å². The maximum atomic E-state index is 11.9. The number of hydrogen-bond acceptors (Lipinski definition) is 6. The average Bonchev–Trinajstić information content (AvgIpc) is 3.10. The molecular weight excluding hydrogens is 346 g/mol. The molecule has 9 heteroatoms. The SMILES string of the molecule is Cc1ccc(NC(=O)C(=O)NCCC(O)c2cccs2)c([N+](=O)[O-])c1. The Balaban J connectivity index is 1.88. The fourth-order valence-electron chi connectivity index (χ4n) is 2.10. The zero-order valence-electron chi connectivity index (χ0n) is 13.4. The molecular formula is C16H17N3O5S. The van der Waals surface area contributed by atoms with Gasteiger partial charge in [0.25, 0.3) is 5.69 Å². The molecule has 8 nitrogen and oxygen atoms in total. The van der Waals surface area contributed by atoms with E-state index in [0.717, 1.165) is 4.88 Å². The van der Waals surface area contributed by atoms with Gasteiger partial charge in [-0.15, -0.1) is 11.3 Å². The Morgan fingerprint density at radius 1 is 1.32 bits per heavy atom. The number of thiophene rings is 1. The monoisotopic (exact) mass is 363 g/mol. The van der Waals surface area contributed by atoms with Gasteiger partial charge < -0.3 is 15.7 Å². The van der Waals surface area contributed by atoms with Crippen molar-refractivity contribution in [2.45, 2.75) is 19.4 Å². The number of carbonyl (C=O) groups excluding carboxylic acids is 2. The molecule has 1 aromatic heterocycles. The summed E-state index contributed by atoms with van der Waals surface area (Å²) in [5.74, 6) is -1.93. The summed E-state index contributed by atoms with van der Waals surface area (Å²) in [6.45, 7) is 1.78. The first-order valence-corrected chi connectivity index (χ1v) is 8.32. The first-order valence-electron chi connectivity index (χ1n) is 7.44. The summed E-state index contributed by atoms with van der Waals surface area (Å²) in [5, 5.41) is 27.4. The third-order valence-corrected chi connectivity index (χ3v) is 4.35. The number of benzene rings is 1. The molecule has 1 atom stereocenters. The van der Waals surface area contributed by atoms with Gasteiger partial charge in [-0.25, -0.2) is 0 Å². The number of amides is 2. The number of anilines is 1. The summed E-state index contributed by atoms with van der Waals surface area (Å²) in [7, 11) is 0. The van der Waals surface area contributed by atoms with E-state index in [4.69, 9.17) is 0 Å². The second kappa shape index (κ2) is 8.36. The Morgan fingerprint density at radius 3 is 2.72 bits per heavy atom. The van der Waals surface area contributed by atoms with Gasteiger partial charge in [-0.3, -0.25) is 19.7 Å². The van der Waals surface area contributed by atoms with Crippen molar-refractivity contribution < 1.29 is 19.6 Å². The number of nitro groups is 1. The molecule has 25 heavy (non-hydrogen) atoms. The van der Waals surface area contributed by atoms with Gasteiger partial charge in [0, 0.05) is 17.5 Å². The fraction of sp³-hybridized carbons (Fsp3) is 0.250. The molecule has 1 unspecified atom stereocenters. The predicted molar refractivity (Wildman–Crippen MR) is 93.4 cm³/mol. The lowest BCUT2D eigenvalue weighted by molar-refractivity contribution is -0.384. The molecule has 2 amide bonds. The topological polar surface area (TPSA) is 122 Å². The summed E-state index contributed by atoms with van der Waals surface area (Å²) < 4.78 is 0. The van der Waals surface area contributed by atoms with E-state index >= 15 is 0 Å². The highest BCUT2D eigenvalue weighted by atomic mass is 32.1. The largest absolute Gasteiger partial charge is 0.388 e. The van der Waals surface area contributed by atoms with Crippen LogP contribution >= 0.6 is 11.3 Å². The summed E-state index contributed by atoms with van der Waals surface area (Å²) in [6.07, 6.45) is -0.467. The van der Waals surface area contributed by atoms with E-state index in [1.165, 1.54) is 23.5 Å². The normalized spacial score (nSPS) is 11.6. The van der Waals surface area contributed by atoms with Crippen molar-refractivity contribution in [1.29, 1.82) is 0 Å². The third kappa shape index (κ3) is 5.10. The van der Waals surface area contributed by atoms with Crippen molar-refractivity contribution >= 4 is 34.5 Å². The van der Waals surface area contributed by atoms with Crippen molar-refractivity contribution in [3.8, 4) is 0 Å². The number of hydrogen-bond donors (Lipinski definition) is 3. The van der Waals surface area contributed by atoms with Crippen LogP contribution in [0.1, 0.15) is 23.0 Å². The van der Waals surface area contributed by atoms with Gasteiger partial charge in [-0.05, 0) is 36.4 Å². The zero-order chi connectivity index (χ0) is 18.4. The van der Waals surface area contributed by atoms with Crippen molar-refractivity contribution in [3.63, 3.8) is 0 Å². The van der Waals surface area contributed by atoms with Crippen LogP contribution in [0.2, 0.25) is 0 Å². The molecule has 132 valence electrons. The number of nitrogens with zero attached hydrogens (tertiary/aromatic N) is 1. The number of rotatable bonds is 6. The second-order valence-corrected chi connectivity index (χ2v) is 6.29. The lowest BCUT2D eigenvalue weighted by Crippen LogP contribution is -2.36. The van der Waals surface area contributed by atoms with Crippen LogP contribution in [0.5, 0.6) is 0 Å². The summed E-state index contributed by atoms with van der Waals surface area (Å²) in [4.78, 5) is 34.8. The van der Waals surface area contributed by atoms with Gasteiger partial charge in [0.1, 0.15) is 5.69 Å². The molecule has 3 N–H and O–H groups in total. The number of carbonyl (C=O) groups is 2. The Kier molecular flexibility index (Phi) is 6.20. The number of nitrogens with one attached hydrogen (secondary N) is 2. The van der Waals surface area contributed by atoms with Crippen LogP contribution in [0.3, 0.4) is 0 Å². The molecule has 0 fully saturated rings. The summed E-state index contributed by atoms with van der Waals surface area (Å²) >= 11 is 1.40. The van der Waals surface area contributed by atoms with Crippen LogP contribution in [-0.4, -0.2) is 28.4 Å². The lowest BCUT2D eigenvalue weighted by Gasteiger charge is -2.10. The number of aryl methyl sites for hydroxylation is 1. The van der Waals surface area contributed by atoms with Gasteiger partial charge >= 0.3 is 11.8 Å². The predicted octanol–water partition coefficient (Wildman–Crippen LogP) is 2.14. The Bertz CT molecular complexity index is 776. The van der Waals surface area contributed by atoms with Crippen LogP contribution in [-0.2, 0) is 9.59 Å². The van der Waals surface area contributed by atoms with E-state index in [0.29, 0.717) is 5.56 Å². The van der Waals surface area contributed by atoms with Gasteiger partial charge in [-0.2, -0.15) is 0 Å². The molecule has 1 heterocycles. The van der Waals surface area contributed by atoms with E-state index in [-0.39, 0.29) is 24.3 Å². The summed E-state index contributed by atoms with van der Waals surface area (Å²) in [5.41, 5.74) is 0.334. The lowest BCUT2D eigenvalue weighted by atomic mass is 10.2. The first-order chi connectivity index (χ1) is 11.9. The van der Waals surface area contributed by atoms with Gasteiger partial charge in [0.15, 0.2) is 0 Å². The third-order valence-electron chi connectivity index (χ3n) is 3.38. The minimum absolute atomic E-state index is 0.0469. The highest BCUT2D eigenvalue weighted by Gasteiger charge is 2.20. The second-order valence-electron chi connectivity index (χ2n) is 5.31. The van der Waals surface area contributed by atoms with Crippen LogP contribution in [0.4, 0.5) is 11.4 Å². The Morgan fingerprint density at radius 2 is 2.08 bits per heavy atom. The van der Waals surface area contributed by atoms with E-state index in [2.05, 4.69) is 10.6 Å². The van der Waals surface area contributed by atoms with Crippen LogP contribution in [0, 0.1) is 17.0 Å². The smallest absolute Gasteiger partial charge is 0.313 e. The average molecular weight is 363 g/mol. The first kappa shape index (κ1) is 18.6. The van der Waals surface area contributed by atoms with Gasteiger partial charge in [-0.1, -0.05) is 12.1 Å². The van der Waals surface area contributed by atoms with Crippen molar-refractivity contribution in [2.75, 3.05) is 11.9 Å². The highest BCUT2D eigenvalue weighted by Crippen LogP contribution is 2.25. The quantitative estimate of drug-likeness (QED) is 0.412. The van der Waals surface area contributed by atoms with Crippen LogP contribution in [0.15, 0.2) is 35.7 Å². The maximum absolute atomic E-state index is 11.9. The molecule has 0 bridgehead atoms. The summed E-state index contributed by atoms with van der Waals surface area (Å²) in [6, 6.07) is 7.87. The molecule has 2 aromatic rings. The number of aliphatic hydroxyl groups excluding tert-OH is 1. The van der Waals surface area contributed by atoms with Crippen molar-refractivity contribution in [2.24, 2.45) is 0 Å². The fourth-order valence-corrected chi connectivity index (χ4v) is 2.85. The molecule has 0 saturated carbocycles. The molecule has 2 rings (SSSR count). The van der Waals surface area contributed by atoms with Crippen LogP contribution in [0.25, 0.3) is 0 Å². The zero-order valence-corrected chi connectivity index (χ0v) is 14.2. The molecule has 0 aliphatic rings. The van der Waals surface area contributed by atoms with E-state index in [1.54, 1.807) is 19.1 Å². The molecule has 0 saturated heterocycles. The van der Waals surface area contributed by atoms with Gasteiger partial charge in [0.05, 0.1) is 11.0 Å². The molecule has 0 aliphatic heterocycles.